The van der Waals surface area contributed by atoms with E-state index in [-0.39, 0.29) is 0 Å². The Morgan fingerprint density at radius 3 is 2.53 bits per heavy atom. The minimum Gasteiger partial charge on any atom is -0.389 e. The van der Waals surface area contributed by atoms with E-state index in [4.69, 9.17) is 0 Å². The standard InChI is InChI=1S/C15H20N2OS/c1-11(2)17(10-14-5-4-8-19-14)15-7-6-13(9-16-15)12(3)18/h4-9,11-12,18H,10H2,1-3H3/t12-/m0/s1. The van der Waals surface area contributed by atoms with Gasteiger partial charge < -0.3 is 10.0 Å². The lowest BCUT2D eigenvalue weighted by atomic mass is 10.2. The zero-order valence-electron chi connectivity index (χ0n) is 11.6. The van der Waals surface area contributed by atoms with Crippen LogP contribution >= 0.6 is 11.3 Å². The van der Waals surface area contributed by atoms with E-state index in [1.165, 1.54) is 4.88 Å². The number of aromatic nitrogens is 1. The van der Waals surface area contributed by atoms with Gasteiger partial charge in [0.1, 0.15) is 5.82 Å². The van der Waals surface area contributed by atoms with Crippen molar-refractivity contribution in [3.63, 3.8) is 0 Å². The number of thiophene rings is 1. The Bertz CT molecular complexity index is 491. The summed E-state index contributed by atoms with van der Waals surface area (Å²) in [5, 5.41) is 11.6. The monoisotopic (exact) mass is 276 g/mol. The molecule has 0 saturated carbocycles. The van der Waals surface area contributed by atoms with Crippen LogP contribution in [0.3, 0.4) is 0 Å². The summed E-state index contributed by atoms with van der Waals surface area (Å²) in [5.74, 6) is 0.952. The Morgan fingerprint density at radius 2 is 2.05 bits per heavy atom. The fraction of sp³-hybridized carbons (Fsp3) is 0.400. The third kappa shape index (κ3) is 3.55. The maximum Gasteiger partial charge on any atom is 0.129 e. The third-order valence-electron chi connectivity index (χ3n) is 3.08. The number of hydrogen-bond donors (Lipinski definition) is 1. The van der Waals surface area contributed by atoms with Gasteiger partial charge in [-0.1, -0.05) is 12.1 Å². The maximum absolute atomic E-state index is 9.52. The van der Waals surface area contributed by atoms with E-state index in [0.29, 0.717) is 6.04 Å². The molecular weight excluding hydrogens is 256 g/mol. The Balaban J connectivity index is 2.19. The fourth-order valence-electron chi connectivity index (χ4n) is 1.91. The number of hydrogen-bond acceptors (Lipinski definition) is 4. The lowest BCUT2D eigenvalue weighted by Crippen LogP contribution is -2.30. The molecule has 0 spiro atoms. The number of aliphatic hydroxyl groups is 1. The molecule has 0 bridgehead atoms. The van der Waals surface area contributed by atoms with Crippen molar-refractivity contribution in [1.29, 1.82) is 0 Å². The highest BCUT2D eigenvalue weighted by Crippen LogP contribution is 2.21. The molecular formula is C15H20N2OS. The van der Waals surface area contributed by atoms with Crippen molar-refractivity contribution in [3.05, 3.63) is 46.3 Å². The predicted molar refractivity (Wildman–Crippen MR) is 80.5 cm³/mol. The van der Waals surface area contributed by atoms with Crippen LogP contribution < -0.4 is 4.90 Å². The summed E-state index contributed by atoms with van der Waals surface area (Å²) >= 11 is 1.76. The van der Waals surface area contributed by atoms with Crippen LogP contribution in [0.2, 0.25) is 0 Å². The molecule has 0 aromatic carbocycles. The minimum atomic E-state index is -0.466. The van der Waals surface area contributed by atoms with Gasteiger partial charge in [0.05, 0.1) is 12.6 Å². The van der Waals surface area contributed by atoms with Gasteiger partial charge in [-0.3, -0.25) is 0 Å². The smallest absolute Gasteiger partial charge is 0.129 e. The summed E-state index contributed by atoms with van der Waals surface area (Å²) in [7, 11) is 0. The topological polar surface area (TPSA) is 36.4 Å². The number of rotatable bonds is 5. The molecule has 2 rings (SSSR count). The van der Waals surface area contributed by atoms with Gasteiger partial charge in [0, 0.05) is 17.1 Å². The SMILES string of the molecule is CC(C)N(Cc1cccs1)c1ccc([C@H](C)O)cn1. The van der Waals surface area contributed by atoms with Crippen LogP contribution in [0.25, 0.3) is 0 Å². The summed E-state index contributed by atoms with van der Waals surface area (Å²) in [6.45, 7) is 6.95. The minimum absolute atomic E-state index is 0.381. The van der Waals surface area contributed by atoms with Gasteiger partial charge in [-0.2, -0.15) is 0 Å². The highest BCUT2D eigenvalue weighted by molar-refractivity contribution is 7.09. The molecule has 0 aliphatic rings. The first-order valence-corrected chi connectivity index (χ1v) is 7.39. The van der Waals surface area contributed by atoms with Crippen molar-refractivity contribution in [1.82, 2.24) is 4.98 Å². The van der Waals surface area contributed by atoms with Crippen molar-refractivity contribution in [2.75, 3.05) is 4.90 Å². The van der Waals surface area contributed by atoms with Gasteiger partial charge in [0.25, 0.3) is 0 Å². The first-order valence-electron chi connectivity index (χ1n) is 6.51. The molecule has 0 radical (unpaired) electrons. The summed E-state index contributed by atoms with van der Waals surface area (Å²) in [6.07, 6.45) is 1.29. The second-order valence-electron chi connectivity index (χ2n) is 4.93. The van der Waals surface area contributed by atoms with E-state index in [2.05, 4.69) is 41.2 Å². The largest absolute Gasteiger partial charge is 0.389 e. The molecule has 3 nitrogen and oxygen atoms in total. The molecule has 0 aliphatic carbocycles. The molecule has 0 saturated heterocycles. The van der Waals surface area contributed by atoms with E-state index >= 15 is 0 Å². The van der Waals surface area contributed by atoms with Crippen LogP contribution in [0.4, 0.5) is 5.82 Å². The van der Waals surface area contributed by atoms with E-state index in [9.17, 15) is 5.11 Å². The zero-order chi connectivity index (χ0) is 13.8. The summed E-state index contributed by atoms with van der Waals surface area (Å²) in [4.78, 5) is 8.06. The quantitative estimate of drug-likeness (QED) is 0.906. The molecule has 2 heterocycles. The van der Waals surface area contributed by atoms with Crippen molar-refractivity contribution >= 4 is 17.2 Å². The Kier molecular flexibility index (Phi) is 4.56. The first kappa shape index (κ1) is 14.0. The number of nitrogens with zero attached hydrogens (tertiary/aromatic N) is 2. The number of anilines is 1. The Morgan fingerprint density at radius 1 is 1.26 bits per heavy atom. The lowest BCUT2D eigenvalue weighted by molar-refractivity contribution is 0.199. The van der Waals surface area contributed by atoms with E-state index in [0.717, 1.165) is 17.9 Å². The lowest BCUT2D eigenvalue weighted by Gasteiger charge is -2.27. The van der Waals surface area contributed by atoms with Gasteiger partial charge in [-0.05, 0) is 43.8 Å². The van der Waals surface area contributed by atoms with Crippen LogP contribution in [-0.4, -0.2) is 16.1 Å². The van der Waals surface area contributed by atoms with Crippen LogP contribution in [0.5, 0.6) is 0 Å². The molecule has 4 heteroatoms. The fourth-order valence-corrected chi connectivity index (χ4v) is 2.62. The summed E-state index contributed by atoms with van der Waals surface area (Å²) in [6, 6.07) is 8.52. The van der Waals surface area contributed by atoms with Crippen molar-refractivity contribution in [2.24, 2.45) is 0 Å². The van der Waals surface area contributed by atoms with E-state index < -0.39 is 6.10 Å². The first-order chi connectivity index (χ1) is 9.08. The van der Waals surface area contributed by atoms with Crippen LogP contribution in [0.15, 0.2) is 35.8 Å². The molecule has 0 amide bonds. The maximum atomic E-state index is 9.52. The number of aliphatic hydroxyl groups excluding tert-OH is 1. The summed E-state index contributed by atoms with van der Waals surface area (Å²) in [5.41, 5.74) is 0.851. The summed E-state index contributed by atoms with van der Waals surface area (Å²) < 4.78 is 0. The van der Waals surface area contributed by atoms with Gasteiger partial charge >= 0.3 is 0 Å². The van der Waals surface area contributed by atoms with E-state index in [1.54, 1.807) is 24.5 Å². The molecule has 0 aliphatic heterocycles. The zero-order valence-corrected chi connectivity index (χ0v) is 12.4. The normalized spacial score (nSPS) is 12.7. The molecule has 2 aromatic rings. The third-order valence-corrected chi connectivity index (χ3v) is 3.94. The van der Waals surface area contributed by atoms with Gasteiger partial charge in [0.15, 0.2) is 0 Å². The molecule has 0 unspecified atom stereocenters. The van der Waals surface area contributed by atoms with Crippen LogP contribution in [0.1, 0.15) is 37.3 Å². The average Bonchev–Trinajstić information content (AvgIpc) is 2.88. The van der Waals surface area contributed by atoms with Crippen LogP contribution in [0, 0.1) is 0 Å². The average molecular weight is 276 g/mol. The van der Waals surface area contributed by atoms with Gasteiger partial charge in [-0.15, -0.1) is 11.3 Å². The van der Waals surface area contributed by atoms with Crippen LogP contribution in [-0.2, 0) is 6.54 Å². The second kappa shape index (κ2) is 6.17. The molecule has 19 heavy (non-hydrogen) atoms. The Labute approximate surface area is 118 Å². The molecule has 1 atom stereocenters. The molecule has 1 N–H and O–H groups in total. The predicted octanol–water partition coefficient (Wildman–Crippen LogP) is 3.61. The molecule has 102 valence electrons. The van der Waals surface area contributed by atoms with E-state index in [1.807, 2.05) is 12.1 Å². The number of pyridine rings is 1. The Hall–Kier alpha value is -1.39. The molecule has 0 fully saturated rings. The highest BCUT2D eigenvalue weighted by atomic mass is 32.1. The van der Waals surface area contributed by atoms with Crippen molar-refractivity contribution in [2.45, 2.75) is 39.5 Å². The van der Waals surface area contributed by atoms with Gasteiger partial charge in [-0.25, -0.2) is 4.98 Å². The van der Waals surface area contributed by atoms with Crippen molar-refractivity contribution < 1.29 is 5.11 Å². The van der Waals surface area contributed by atoms with Crippen molar-refractivity contribution in [3.8, 4) is 0 Å². The van der Waals surface area contributed by atoms with Gasteiger partial charge in [0.2, 0.25) is 0 Å². The second-order valence-corrected chi connectivity index (χ2v) is 5.96. The highest BCUT2D eigenvalue weighted by Gasteiger charge is 2.13. The molecule has 2 aromatic heterocycles.